The van der Waals surface area contributed by atoms with Crippen molar-refractivity contribution in [3.8, 4) is 11.8 Å². The molecule has 2 rings (SSSR count). The number of ether oxygens (including phenoxy) is 1. The van der Waals surface area contributed by atoms with Crippen molar-refractivity contribution in [3.05, 3.63) is 63.4 Å². The predicted octanol–water partition coefficient (Wildman–Crippen LogP) is 2.90. The topological polar surface area (TPSA) is 96.3 Å². The minimum Gasteiger partial charge on any atom is -0.487 e. The molecule has 0 saturated carbocycles. The summed E-state index contributed by atoms with van der Waals surface area (Å²) in [6, 6.07) is 4.83. The minimum absolute atomic E-state index is 0.150. The summed E-state index contributed by atoms with van der Waals surface area (Å²) in [7, 11) is -3.96. The van der Waals surface area contributed by atoms with Gasteiger partial charge in [0.2, 0.25) is 10.0 Å². The highest BCUT2D eigenvalue weighted by Gasteiger charge is 2.20. The molecule has 2 aromatic rings. The summed E-state index contributed by atoms with van der Waals surface area (Å²) in [4.78, 5) is 11.7. The smallest absolute Gasteiger partial charge is 0.267 e. The van der Waals surface area contributed by atoms with E-state index < -0.39 is 50.6 Å². The molecular formula is C16H10ClF3N2O4S. The Bertz CT molecular complexity index is 1070. The molecule has 0 radical (unpaired) electrons. The first kappa shape index (κ1) is 20.5. The zero-order valence-electron chi connectivity index (χ0n) is 13.5. The van der Waals surface area contributed by atoms with Gasteiger partial charge in [0.1, 0.15) is 41.4 Å². The van der Waals surface area contributed by atoms with E-state index in [4.69, 9.17) is 21.6 Å². The SMILES string of the molecule is CS(=O)(=O)NC(=O)c1cc(F)c(COc2ccc(F)c(Cl)c2C#N)cc1F. The lowest BCUT2D eigenvalue weighted by Crippen LogP contribution is -2.30. The average Bonchev–Trinajstić information content (AvgIpc) is 2.56. The summed E-state index contributed by atoms with van der Waals surface area (Å²) in [5.74, 6) is -4.57. The molecule has 0 bridgehead atoms. The Morgan fingerprint density at radius 2 is 1.89 bits per heavy atom. The monoisotopic (exact) mass is 418 g/mol. The van der Waals surface area contributed by atoms with Crippen LogP contribution in [0.15, 0.2) is 24.3 Å². The van der Waals surface area contributed by atoms with E-state index in [1.807, 2.05) is 0 Å². The Morgan fingerprint density at radius 3 is 2.48 bits per heavy atom. The summed E-state index contributed by atoms with van der Waals surface area (Å²) in [5.41, 5.74) is -1.46. The van der Waals surface area contributed by atoms with Crippen molar-refractivity contribution in [1.82, 2.24) is 4.72 Å². The molecule has 2 aromatic carbocycles. The molecule has 6 nitrogen and oxygen atoms in total. The van der Waals surface area contributed by atoms with Crippen LogP contribution in [0.25, 0.3) is 0 Å². The largest absolute Gasteiger partial charge is 0.487 e. The van der Waals surface area contributed by atoms with Crippen molar-refractivity contribution < 1.29 is 31.1 Å². The van der Waals surface area contributed by atoms with E-state index in [-0.39, 0.29) is 16.9 Å². The molecule has 0 aromatic heterocycles. The van der Waals surface area contributed by atoms with Crippen LogP contribution >= 0.6 is 11.6 Å². The van der Waals surface area contributed by atoms with Crippen molar-refractivity contribution in [1.29, 1.82) is 5.26 Å². The molecule has 1 amide bonds. The van der Waals surface area contributed by atoms with E-state index in [9.17, 15) is 26.4 Å². The average molecular weight is 419 g/mol. The normalized spacial score (nSPS) is 11.0. The van der Waals surface area contributed by atoms with Gasteiger partial charge in [-0.1, -0.05) is 11.6 Å². The number of benzene rings is 2. The Hall–Kier alpha value is -2.77. The zero-order chi connectivity index (χ0) is 20.4. The lowest BCUT2D eigenvalue weighted by Gasteiger charge is -2.11. The number of rotatable bonds is 5. The summed E-state index contributed by atoms with van der Waals surface area (Å²) in [5, 5.41) is 8.52. The van der Waals surface area contributed by atoms with Crippen LogP contribution in [-0.4, -0.2) is 20.6 Å². The number of nitriles is 1. The van der Waals surface area contributed by atoms with Gasteiger partial charge in [-0.05, 0) is 24.3 Å². The first-order chi connectivity index (χ1) is 12.5. The molecule has 0 spiro atoms. The number of hydrogen-bond acceptors (Lipinski definition) is 5. The molecule has 1 N–H and O–H groups in total. The van der Waals surface area contributed by atoms with Crippen LogP contribution in [0, 0.1) is 28.8 Å². The van der Waals surface area contributed by atoms with E-state index >= 15 is 0 Å². The maximum Gasteiger partial charge on any atom is 0.267 e. The molecule has 0 atom stereocenters. The highest BCUT2D eigenvalue weighted by atomic mass is 35.5. The van der Waals surface area contributed by atoms with Gasteiger partial charge in [-0.15, -0.1) is 0 Å². The molecule has 0 unspecified atom stereocenters. The van der Waals surface area contributed by atoms with Crippen molar-refractivity contribution in [2.24, 2.45) is 0 Å². The van der Waals surface area contributed by atoms with Crippen LogP contribution < -0.4 is 9.46 Å². The molecule has 27 heavy (non-hydrogen) atoms. The Kier molecular flexibility index (Phi) is 5.98. The number of halogens is 4. The quantitative estimate of drug-likeness (QED) is 0.805. The molecule has 0 fully saturated rings. The van der Waals surface area contributed by atoms with Gasteiger partial charge in [-0.2, -0.15) is 5.26 Å². The summed E-state index contributed by atoms with van der Waals surface area (Å²) < 4.78 is 70.2. The molecule has 142 valence electrons. The van der Waals surface area contributed by atoms with Gasteiger partial charge in [0.05, 0.1) is 16.8 Å². The fourth-order valence-electron chi connectivity index (χ4n) is 2.01. The van der Waals surface area contributed by atoms with E-state index in [0.29, 0.717) is 18.4 Å². The van der Waals surface area contributed by atoms with Crippen molar-refractivity contribution >= 4 is 27.5 Å². The second-order valence-corrected chi connectivity index (χ2v) is 7.39. The first-order valence-electron chi connectivity index (χ1n) is 7.04. The van der Waals surface area contributed by atoms with Gasteiger partial charge in [-0.25, -0.2) is 26.3 Å². The van der Waals surface area contributed by atoms with Crippen molar-refractivity contribution in [2.75, 3.05) is 6.26 Å². The lowest BCUT2D eigenvalue weighted by molar-refractivity contribution is 0.0977. The summed E-state index contributed by atoms with van der Waals surface area (Å²) >= 11 is 5.64. The number of nitrogens with one attached hydrogen (secondary N) is 1. The van der Waals surface area contributed by atoms with E-state index in [0.717, 1.165) is 12.1 Å². The molecule has 0 aliphatic carbocycles. The molecule has 11 heteroatoms. The third kappa shape index (κ3) is 4.90. The van der Waals surface area contributed by atoms with E-state index in [2.05, 4.69) is 0 Å². The van der Waals surface area contributed by atoms with Crippen LogP contribution in [0.2, 0.25) is 5.02 Å². The van der Waals surface area contributed by atoms with Crippen LogP contribution in [0.4, 0.5) is 13.2 Å². The maximum absolute atomic E-state index is 14.1. The van der Waals surface area contributed by atoms with Crippen LogP contribution in [-0.2, 0) is 16.6 Å². The molecule has 0 heterocycles. The van der Waals surface area contributed by atoms with Crippen molar-refractivity contribution in [2.45, 2.75) is 6.61 Å². The van der Waals surface area contributed by atoms with Crippen LogP contribution in [0.3, 0.4) is 0 Å². The van der Waals surface area contributed by atoms with Gasteiger partial charge in [0.15, 0.2) is 0 Å². The number of nitrogens with zero attached hydrogens (tertiary/aromatic N) is 1. The molecular weight excluding hydrogens is 409 g/mol. The van der Waals surface area contributed by atoms with Gasteiger partial charge >= 0.3 is 0 Å². The highest BCUT2D eigenvalue weighted by Crippen LogP contribution is 2.29. The minimum atomic E-state index is -3.96. The van der Waals surface area contributed by atoms with Crippen molar-refractivity contribution in [3.63, 3.8) is 0 Å². The van der Waals surface area contributed by atoms with Gasteiger partial charge in [0, 0.05) is 5.56 Å². The second-order valence-electron chi connectivity index (χ2n) is 5.26. The Morgan fingerprint density at radius 1 is 1.22 bits per heavy atom. The number of carbonyl (C=O) groups excluding carboxylic acids is 1. The highest BCUT2D eigenvalue weighted by molar-refractivity contribution is 7.89. The lowest BCUT2D eigenvalue weighted by atomic mass is 10.1. The molecule has 0 saturated heterocycles. The van der Waals surface area contributed by atoms with E-state index in [1.54, 1.807) is 6.07 Å². The van der Waals surface area contributed by atoms with E-state index in [1.165, 1.54) is 4.72 Å². The van der Waals surface area contributed by atoms with Crippen LogP contribution in [0.5, 0.6) is 5.75 Å². The standard InChI is InChI=1S/C16H10ClF3N2O4S/c1-27(24,25)22-16(23)9-5-12(19)8(4-13(9)20)7-26-14-3-2-11(18)15(17)10(14)6-21/h2-5H,7H2,1H3,(H,22,23). The van der Waals surface area contributed by atoms with Crippen LogP contribution in [0.1, 0.15) is 21.5 Å². The number of carbonyl (C=O) groups is 1. The molecule has 0 aliphatic heterocycles. The summed E-state index contributed by atoms with van der Waals surface area (Å²) in [6.45, 7) is -0.562. The van der Waals surface area contributed by atoms with Gasteiger partial charge in [0.25, 0.3) is 5.91 Å². The third-order valence-electron chi connectivity index (χ3n) is 3.21. The predicted molar refractivity (Wildman–Crippen MR) is 89.1 cm³/mol. The second kappa shape index (κ2) is 7.85. The third-order valence-corrected chi connectivity index (χ3v) is 4.14. The number of hydrogen-bond donors (Lipinski definition) is 1. The maximum atomic E-state index is 14.1. The summed E-state index contributed by atoms with van der Waals surface area (Å²) in [6.07, 6.45) is 0.683. The van der Waals surface area contributed by atoms with Gasteiger partial charge in [-0.3, -0.25) is 4.79 Å². The number of amides is 1. The number of sulfonamides is 1. The zero-order valence-corrected chi connectivity index (χ0v) is 15.1. The fourth-order valence-corrected chi connectivity index (χ4v) is 2.65. The fraction of sp³-hybridized carbons (Fsp3) is 0.125. The van der Waals surface area contributed by atoms with Gasteiger partial charge < -0.3 is 4.74 Å². The molecule has 0 aliphatic rings. The first-order valence-corrected chi connectivity index (χ1v) is 9.31. The Balaban J connectivity index is 2.27. The Labute approximate surface area is 157 Å².